The van der Waals surface area contributed by atoms with E-state index in [9.17, 15) is 33.1 Å². The zero-order valence-corrected chi connectivity index (χ0v) is 21.8. The van der Waals surface area contributed by atoms with Gasteiger partial charge >= 0.3 is 5.00 Å². The molecule has 0 bridgehead atoms. The highest BCUT2D eigenvalue weighted by Gasteiger charge is 3.06. The molecule has 0 aliphatic heterocycles. The first-order valence-corrected chi connectivity index (χ1v) is 13.5. The van der Waals surface area contributed by atoms with Crippen LogP contribution in [-0.4, -0.2) is 25.5 Å². The fourth-order valence-electron chi connectivity index (χ4n) is 3.20. The van der Waals surface area contributed by atoms with Gasteiger partial charge in [-0.05, 0) is 17.7 Å². The van der Waals surface area contributed by atoms with Crippen molar-refractivity contribution >= 4 is 78.8 Å². The molecular weight excluding hydrogens is 648 g/mol. The van der Waals surface area contributed by atoms with Crippen molar-refractivity contribution in [1.82, 2.24) is 0 Å². The first-order chi connectivity index (χ1) is 15.2. The predicted molar refractivity (Wildman–Crippen MR) is 123 cm³/mol. The van der Waals surface area contributed by atoms with Crippen molar-refractivity contribution in [2.45, 2.75) is 36.1 Å². The minimum atomic E-state index is -11.5. The highest BCUT2D eigenvalue weighted by molar-refractivity contribution is 8.66. The van der Waals surface area contributed by atoms with Crippen LogP contribution < -0.4 is 0 Å². The number of benzene rings is 2. The fourth-order valence-corrected chi connectivity index (χ4v) is 7.37. The van der Waals surface area contributed by atoms with Gasteiger partial charge in [-0.15, -0.1) is 28.2 Å². The van der Waals surface area contributed by atoms with Crippen LogP contribution in [0.25, 0.3) is 0 Å². The van der Waals surface area contributed by atoms with Gasteiger partial charge in [0.2, 0.25) is 5.67 Å². The Balaban J connectivity index is 0.000000527. The molecule has 3 rings (SSSR count). The molecule has 0 aromatic heterocycles. The molecule has 1 aliphatic carbocycles. The molecular formula is C18H11Cl5F10S2. The lowest BCUT2D eigenvalue weighted by molar-refractivity contribution is -0.238. The van der Waals surface area contributed by atoms with Crippen molar-refractivity contribution in [3.05, 3.63) is 66.2 Å². The van der Waals surface area contributed by atoms with E-state index in [1.807, 2.05) is 30.3 Å². The summed E-state index contributed by atoms with van der Waals surface area (Å²) >= 11 is 22.7. The Labute approximate surface area is 222 Å². The molecule has 0 nitrogen and oxygen atoms in total. The summed E-state index contributed by atoms with van der Waals surface area (Å²) in [6.45, 7) is 0. The highest BCUT2D eigenvalue weighted by atomic mass is 35.7. The summed E-state index contributed by atoms with van der Waals surface area (Å²) in [6.07, 6.45) is 0. The molecule has 2 aromatic rings. The van der Waals surface area contributed by atoms with Gasteiger partial charge in [0.15, 0.2) is 0 Å². The fraction of sp³-hybridized carbons (Fsp3) is 0.333. The van der Waals surface area contributed by atoms with Crippen LogP contribution in [0.5, 0.6) is 0 Å². The molecule has 1 aliphatic rings. The van der Waals surface area contributed by atoms with Crippen molar-refractivity contribution < 1.29 is 41.9 Å². The second kappa shape index (κ2) is 8.19. The minimum Gasteiger partial charge on any atom is -0.228 e. The van der Waals surface area contributed by atoms with Crippen molar-refractivity contribution in [1.29, 1.82) is 0 Å². The Bertz CT molecular complexity index is 1080. The lowest BCUT2D eigenvalue weighted by atomic mass is 9.73. The Kier molecular flexibility index (Phi) is 7.28. The van der Waals surface area contributed by atoms with Crippen molar-refractivity contribution in [3.8, 4) is 0 Å². The van der Waals surface area contributed by atoms with Gasteiger partial charge in [0.05, 0.1) is 0 Å². The standard InChI is InChI=1S/C12H5Cl5F10S.C6H6S/c13-8(19)7(18,6-4-2-1-3-5-6)12(23,28(17,24,25,26)27)11(16,22)10(15,21)9(8,14)20;7-6-4-2-1-3-5-6/h1-5H;1-5,7H. The molecule has 1 fully saturated rings. The second-order valence-corrected chi connectivity index (χ2v) is 14.2. The van der Waals surface area contributed by atoms with Crippen LogP contribution in [0.3, 0.4) is 0 Å². The number of hydrogen-bond acceptors (Lipinski definition) is 1. The van der Waals surface area contributed by atoms with E-state index in [2.05, 4.69) is 46.5 Å². The van der Waals surface area contributed by atoms with E-state index in [1.54, 1.807) is 0 Å². The number of rotatable bonds is 2. The molecule has 200 valence electrons. The maximum Gasteiger partial charge on any atom is 0.326 e. The predicted octanol–water partition coefficient (Wildman–Crippen LogP) is 10.7. The summed E-state index contributed by atoms with van der Waals surface area (Å²) in [5.74, 6) is 0. The van der Waals surface area contributed by atoms with Gasteiger partial charge in [-0.3, -0.25) is 0 Å². The minimum absolute atomic E-state index is 0.116. The maximum atomic E-state index is 15.7. The Morgan fingerprint density at radius 2 is 0.914 bits per heavy atom. The average Bonchev–Trinajstić information content (AvgIpc) is 2.71. The van der Waals surface area contributed by atoms with Crippen LogP contribution in [-0.2, 0) is 5.67 Å². The molecule has 35 heavy (non-hydrogen) atoms. The van der Waals surface area contributed by atoms with Crippen LogP contribution >= 0.6 is 78.8 Å². The monoisotopic (exact) mass is 656 g/mol. The third kappa shape index (κ3) is 4.17. The van der Waals surface area contributed by atoms with E-state index < -0.39 is 45.8 Å². The summed E-state index contributed by atoms with van der Waals surface area (Å²) in [4.78, 5) is 1.02. The smallest absolute Gasteiger partial charge is 0.228 e. The van der Waals surface area contributed by atoms with Gasteiger partial charge in [-0.1, -0.05) is 94.9 Å². The molecule has 6 unspecified atom stereocenters. The third-order valence-electron chi connectivity index (χ3n) is 4.92. The summed E-state index contributed by atoms with van der Waals surface area (Å²) in [5, 5.41) is -30.7. The van der Waals surface area contributed by atoms with Gasteiger partial charge in [0, 0.05) is 15.6 Å². The lowest BCUT2D eigenvalue weighted by Gasteiger charge is -2.66. The third-order valence-corrected chi connectivity index (χ3v) is 9.97. The lowest BCUT2D eigenvalue weighted by Crippen LogP contribution is -2.84. The van der Waals surface area contributed by atoms with Gasteiger partial charge < -0.3 is 0 Å². The highest BCUT2D eigenvalue weighted by Crippen LogP contribution is 3.11. The van der Waals surface area contributed by atoms with Gasteiger partial charge in [0.25, 0.3) is 29.6 Å². The normalized spacial score (nSPS) is 41.7. The summed E-state index contributed by atoms with van der Waals surface area (Å²) in [5.41, 5.74) is -8.00. The molecule has 1 saturated carbocycles. The van der Waals surface area contributed by atoms with Gasteiger partial charge in [-0.25, -0.2) is 26.3 Å². The van der Waals surface area contributed by atoms with Gasteiger partial charge in [0.1, 0.15) is 0 Å². The van der Waals surface area contributed by atoms with Crippen molar-refractivity contribution in [3.63, 3.8) is 0 Å². The molecule has 2 aromatic carbocycles. The van der Waals surface area contributed by atoms with Crippen LogP contribution in [0.1, 0.15) is 5.56 Å². The molecule has 0 N–H and O–H groups in total. The summed E-state index contributed by atoms with van der Waals surface area (Å²) in [7, 11) is -7.75. The Hall–Kier alpha value is -0.110. The quantitative estimate of drug-likeness (QED) is 0.185. The number of hydrogen-bond donors (Lipinski definition) is 1. The Morgan fingerprint density at radius 1 is 0.571 bits per heavy atom. The first-order valence-electron chi connectivity index (χ1n) is 8.66. The molecule has 0 amide bonds. The van der Waals surface area contributed by atoms with Crippen LogP contribution in [0.2, 0.25) is 0 Å². The molecule has 0 spiro atoms. The number of alkyl halides is 10. The zero-order chi connectivity index (χ0) is 27.6. The van der Waals surface area contributed by atoms with E-state index in [1.165, 1.54) is 0 Å². The van der Waals surface area contributed by atoms with Crippen LogP contribution in [0, 0.1) is 0 Å². The average molecular weight is 659 g/mol. The second-order valence-electron chi connectivity index (χ2n) is 7.22. The van der Waals surface area contributed by atoms with E-state index in [0.717, 1.165) is 11.0 Å². The number of halogens is 15. The summed E-state index contributed by atoms with van der Waals surface area (Å²) in [6, 6.07) is 12.2. The largest absolute Gasteiger partial charge is 0.326 e. The molecule has 17 heteroatoms. The van der Waals surface area contributed by atoms with Crippen LogP contribution in [0.15, 0.2) is 65.6 Å². The summed E-state index contributed by atoms with van der Waals surface area (Å²) < 4.78 is 146. The first kappa shape index (κ1) is 31.1. The van der Waals surface area contributed by atoms with E-state index in [-0.39, 0.29) is 12.1 Å². The maximum absolute atomic E-state index is 15.7. The van der Waals surface area contributed by atoms with Gasteiger partial charge in [-0.2, -0.15) is 0 Å². The van der Waals surface area contributed by atoms with Crippen LogP contribution in [0.4, 0.5) is 41.9 Å². The Morgan fingerprint density at radius 3 is 1.23 bits per heavy atom. The van der Waals surface area contributed by atoms with Crippen molar-refractivity contribution in [2.24, 2.45) is 0 Å². The molecule has 0 saturated heterocycles. The number of thiol groups is 1. The topological polar surface area (TPSA) is 0 Å². The van der Waals surface area contributed by atoms with E-state index >= 15 is 8.78 Å². The zero-order valence-electron chi connectivity index (χ0n) is 16.3. The van der Waals surface area contributed by atoms with Crippen molar-refractivity contribution in [2.75, 3.05) is 0 Å². The van der Waals surface area contributed by atoms with E-state index in [4.69, 9.17) is 23.2 Å². The molecule has 6 atom stereocenters. The van der Waals surface area contributed by atoms with E-state index in [0.29, 0.717) is 12.1 Å². The SMILES string of the molecule is FC1(Cl)C(F)(Cl)C(F)(Cl)C(F)(S(F)(F)(F)(F)Cl)C(F)(c2ccccc2)C1(F)Cl.Sc1ccccc1. The molecule has 0 heterocycles. The molecule has 0 radical (unpaired) electrons.